The summed E-state index contributed by atoms with van der Waals surface area (Å²) in [6.45, 7) is 5.91. The summed E-state index contributed by atoms with van der Waals surface area (Å²) in [4.78, 5) is 9.62. The second kappa shape index (κ2) is 6.26. The van der Waals surface area contributed by atoms with E-state index in [4.69, 9.17) is 4.74 Å². The fourth-order valence-corrected chi connectivity index (χ4v) is 4.35. The van der Waals surface area contributed by atoms with Crippen molar-refractivity contribution in [2.75, 3.05) is 33.3 Å². The van der Waals surface area contributed by atoms with Crippen LogP contribution in [0, 0.1) is 11.8 Å². The van der Waals surface area contributed by atoms with Crippen LogP contribution in [0.5, 0.6) is 0 Å². The monoisotopic (exact) mass is 301 g/mol. The average Bonchev–Trinajstić information content (AvgIpc) is 3.26. The maximum Gasteiger partial charge on any atom is 0.0639 e. The maximum atomic E-state index is 5.81. The minimum atomic E-state index is 0.444. The van der Waals surface area contributed by atoms with Gasteiger partial charge in [0.1, 0.15) is 0 Å². The van der Waals surface area contributed by atoms with E-state index in [1.54, 1.807) is 0 Å². The van der Waals surface area contributed by atoms with Gasteiger partial charge in [0.05, 0.1) is 6.10 Å². The van der Waals surface area contributed by atoms with Crippen molar-refractivity contribution in [3.8, 4) is 0 Å². The van der Waals surface area contributed by atoms with Crippen LogP contribution in [0.1, 0.15) is 24.8 Å². The van der Waals surface area contributed by atoms with Crippen molar-refractivity contribution in [3.05, 3.63) is 30.1 Å². The van der Waals surface area contributed by atoms with Crippen molar-refractivity contribution in [2.45, 2.75) is 38.0 Å². The lowest BCUT2D eigenvalue weighted by Gasteiger charge is -2.41. The van der Waals surface area contributed by atoms with Crippen LogP contribution in [0.25, 0.3) is 0 Å². The minimum Gasteiger partial charge on any atom is -0.381 e. The molecule has 3 heterocycles. The predicted octanol–water partition coefficient (Wildman–Crippen LogP) is 2.01. The molecule has 0 N–H and O–H groups in total. The molecule has 1 saturated carbocycles. The number of aromatic nitrogens is 1. The van der Waals surface area contributed by atoms with Gasteiger partial charge in [-0.05, 0) is 36.8 Å². The van der Waals surface area contributed by atoms with Crippen molar-refractivity contribution < 1.29 is 4.74 Å². The number of hydrogen-bond acceptors (Lipinski definition) is 4. The van der Waals surface area contributed by atoms with Crippen LogP contribution in [0.2, 0.25) is 0 Å². The molecule has 3 fully saturated rings. The van der Waals surface area contributed by atoms with Crippen LogP contribution >= 0.6 is 0 Å². The zero-order valence-electron chi connectivity index (χ0n) is 13.5. The number of likely N-dealkylation sites (tertiary alicyclic amines) is 2. The van der Waals surface area contributed by atoms with Gasteiger partial charge in [-0.15, -0.1) is 0 Å². The summed E-state index contributed by atoms with van der Waals surface area (Å²) in [5.41, 5.74) is 1.32. The Balaban J connectivity index is 1.44. The number of nitrogens with zero attached hydrogens (tertiary/aromatic N) is 3. The first-order valence-electron chi connectivity index (χ1n) is 8.71. The summed E-state index contributed by atoms with van der Waals surface area (Å²) in [6, 6.07) is 4.91. The molecule has 4 nitrogen and oxygen atoms in total. The summed E-state index contributed by atoms with van der Waals surface area (Å²) in [5, 5.41) is 0. The van der Waals surface area contributed by atoms with E-state index in [2.05, 4.69) is 20.9 Å². The fraction of sp³-hybridized carbons (Fsp3) is 0.722. The van der Waals surface area contributed by atoms with Gasteiger partial charge in [-0.1, -0.05) is 6.07 Å². The largest absolute Gasteiger partial charge is 0.381 e. The Morgan fingerprint density at radius 1 is 1.27 bits per heavy atom. The Hall–Kier alpha value is -0.970. The molecule has 0 amide bonds. The van der Waals surface area contributed by atoms with Crippen LogP contribution < -0.4 is 0 Å². The highest BCUT2D eigenvalue weighted by atomic mass is 16.5. The molecule has 3 aliphatic rings. The third kappa shape index (κ3) is 3.05. The van der Waals surface area contributed by atoms with E-state index >= 15 is 0 Å². The Kier molecular flexibility index (Phi) is 4.16. The molecule has 0 spiro atoms. The van der Waals surface area contributed by atoms with Crippen LogP contribution in [-0.4, -0.2) is 60.2 Å². The van der Waals surface area contributed by atoms with Crippen molar-refractivity contribution in [2.24, 2.45) is 11.8 Å². The minimum absolute atomic E-state index is 0.444. The Labute approximate surface area is 133 Å². The highest BCUT2D eigenvalue weighted by Crippen LogP contribution is 2.37. The molecule has 22 heavy (non-hydrogen) atoms. The van der Waals surface area contributed by atoms with Gasteiger partial charge < -0.3 is 4.74 Å². The van der Waals surface area contributed by atoms with E-state index < -0.39 is 0 Å². The smallest absolute Gasteiger partial charge is 0.0639 e. The van der Waals surface area contributed by atoms with Crippen molar-refractivity contribution in [1.29, 1.82) is 0 Å². The number of piperidine rings is 1. The van der Waals surface area contributed by atoms with Crippen molar-refractivity contribution in [1.82, 2.24) is 14.8 Å². The lowest BCUT2D eigenvalue weighted by molar-refractivity contribution is -0.0230. The van der Waals surface area contributed by atoms with Gasteiger partial charge >= 0.3 is 0 Å². The van der Waals surface area contributed by atoms with E-state index in [9.17, 15) is 0 Å². The van der Waals surface area contributed by atoms with Crippen molar-refractivity contribution >= 4 is 0 Å². The van der Waals surface area contributed by atoms with Gasteiger partial charge in [0.25, 0.3) is 0 Å². The van der Waals surface area contributed by atoms with Gasteiger partial charge in [0, 0.05) is 64.2 Å². The van der Waals surface area contributed by atoms with E-state index in [0.29, 0.717) is 18.1 Å². The average molecular weight is 301 g/mol. The van der Waals surface area contributed by atoms with E-state index in [1.807, 2.05) is 25.6 Å². The zero-order valence-corrected chi connectivity index (χ0v) is 13.5. The summed E-state index contributed by atoms with van der Waals surface area (Å²) in [5.74, 6) is 1.65. The molecule has 0 unspecified atom stereocenters. The number of hydrogen-bond donors (Lipinski definition) is 0. The fourth-order valence-electron chi connectivity index (χ4n) is 4.35. The molecule has 1 aromatic rings. The number of pyridine rings is 1. The first kappa shape index (κ1) is 14.6. The Morgan fingerprint density at radius 2 is 2.18 bits per heavy atom. The SMILES string of the molecule is CO[C@H]1CCN(CC2CC2)[C@@H]2CN(Cc3cccnc3)C[C@H]12. The third-order valence-corrected chi connectivity index (χ3v) is 5.68. The second-order valence-corrected chi connectivity index (χ2v) is 7.29. The summed E-state index contributed by atoms with van der Waals surface area (Å²) >= 11 is 0. The number of ether oxygens (including phenoxy) is 1. The first-order valence-corrected chi connectivity index (χ1v) is 8.71. The molecule has 0 bridgehead atoms. The van der Waals surface area contributed by atoms with Gasteiger partial charge in [-0.3, -0.25) is 14.8 Å². The Bertz CT molecular complexity index is 490. The van der Waals surface area contributed by atoms with Crippen molar-refractivity contribution in [3.63, 3.8) is 0 Å². The molecule has 0 aromatic carbocycles. The molecule has 1 aliphatic carbocycles. The summed E-state index contributed by atoms with van der Waals surface area (Å²) < 4.78 is 5.81. The highest BCUT2D eigenvalue weighted by Gasteiger charge is 2.45. The molecular weight excluding hydrogens is 274 g/mol. The topological polar surface area (TPSA) is 28.6 Å². The van der Waals surface area contributed by atoms with E-state index in [1.165, 1.54) is 51.0 Å². The molecular formula is C18H27N3O. The number of methoxy groups -OCH3 is 1. The van der Waals surface area contributed by atoms with Crippen LogP contribution in [0.3, 0.4) is 0 Å². The normalized spacial score (nSPS) is 33.0. The van der Waals surface area contributed by atoms with Gasteiger partial charge in [0.2, 0.25) is 0 Å². The van der Waals surface area contributed by atoms with Gasteiger partial charge in [-0.25, -0.2) is 0 Å². The van der Waals surface area contributed by atoms with Gasteiger partial charge in [-0.2, -0.15) is 0 Å². The maximum absolute atomic E-state index is 5.81. The lowest BCUT2D eigenvalue weighted by Crippen LogP contribution is -2.51. The molecule has 3 atom stereocenters. The van der Waals surface area contributed by atoms with E-state index in [0.717, 1.165) is 12.5 Å². The predicted molar refractivity (Wildman–Crippen MR) is 86.5 cm³/mol. The quantitative estimate of drug-likeness (QED) is 0.832. The molecule has 120 valence electrons. The molecule has 2 saturated heterocycles. The molecule has 2 aliphatic heterocycles. The molecule has 0 radical (unpaired) electrons. The summed E-state index contributed by atoms with van der Waals surface area (Å²) in [6.07, 6.45) is 8.38. The zero-order chi connectivity index (χ0) is 14.9. The Morgan fingerprint density at radius 3 is 2.91 bits per heavy atom. The number of fused-ring (bicyclic) bond motifs is 1. The summed E-state index contributed by atoms with van der Waals surface area (Å²) in [7, 11) is 1.89. The van der Waals surface area contributed by atoms with Crippen LogP contribution in [0.15, 0.2) is 24.5 Å². The molecule has 4 heteroatoms. The van der Waals surface area contributed by atoms with Crippen LogP contribution in [0.4, 0.5) is 0 Å². The number of rotatable bonds is 5. The highest BCUT2D eigenvalue weighted by molar-refractivity contribution is 5.10. The molecule has 4 rings (SSSR count). The van der Waals surface area contributed by atoms with Gasteiger partial charge in [0.15, 0.2) is 0 Å². The van der Waals surface area contributed by atoms with Crippen LogP contribution in [-0.2, 0) is 11.3 Å². The third-order valence-electron chi connectivity index (χ3n) is 5.68. The first-order chi connectivity index (χ1) is 10.8. The molecule has 1 aromatic heterocycles. The second-order valence-electron chi connectivity index (χ2n) is 7.29. The lowest BCUT2D eigenvalue weighted by atomic mass is 9.89. The van der Waals surface area contributed by atoms with E-state index in [-0.39, 0.29) is 0 Å². The standard InChI is InChI=1S/C18H27N3O/c1-22-18-6-8-21(11-14-4-5-14)17-13-20(12-16(17)18)10-15-3-2-7-19-9-15/h2-3,7,9,14,16-18H,4-6,8,10-13H2,1H3/t16-,17+,18-/m0/s1.